The maximum atomic E-state index is 14.4. The molecule has 356 valence electrons. The summed E-state index contributed by atoms with van der Waals surface area (Å²) in [4.78, 5) is 28.1. The molecule has 8 rings (SSSR count). The van der Waals surface area contributed by atoms with E-state index in [-0.39, 0.29) is 50.2 Å². The summed E-state index contributed by atoms with van der Waals surface area (Å²) in [5.41, 5.74) is 5.57. The molecule has 0 fully saturated rings. The Hall–Kier alpha value is -3.54. The second-order valence-corrected chi connectivity index (χ2v) is 20.0. The van der Waals surface area contributed by atoms with Crippen LogP contribution in [0, 0.1) is 0 Å². The zero-order valence-corrected chi connectivity index (χ0v) is 41.5. The van der Waals surface area contributed by atoms with E-state index in [4.69, 9.17) is 28.4 Å². The maximum Gasteiger partial charge on any atom is 0.256 e. The second-order valence-electron chi connectivity index (χ2n) is 16.8. The van der Waals surface area contributed by atoms with E-state index in [9.17, 15) is 9.59 Å². The van der Waals surface area contributed by atoms with Crippen LogP contribution in [0.1, 0.15) is 53.5 Å². The summed E-state index contributed by atoms with van der Waals surface area (Å²) < 4.78 is 35.9. The Morgan fingerprint density at radius 3 is 2.25 bits per heavy atom. The summed E-state index contributed by atoms with van der Waals surface area (Å²) in [6, 6.07) is 23.3. The number of hydrogen-bond donors (Lipinski definition) is 4. The van der Waals surface area contributed by atoms with Gasteiger partial charge in [0.2, 0.25) is 5.91 Å². The van der Waals surface area contributed by atoms with Crippen LogP contribution >= 0.6 is 48.8 Å². The fourth-order valence-electron chi connectivity index (χ4n) is 9.33. The number of rotatable bonds is 29. The molecule has 0 aliphatic heterocycles. The van der Waals surface area contributed by atoms with Crippen LogP contribution in [0.2, 0.25) is 0 Å². The fraction of sp³-hybridized carbons (Fsp3) is 0.434. The van der Waals surface area contributed by atoms with Gasteiger partial charge in [-0.1, -0.05) is 91.0 Å². The Labute approximate surface area is 413 Å². The Kier molecular flexibility index (Phi) is 18.9. The molecule has 2 amide bonds. The van der Waals surface area contributed by atoms with Gasteiger partial charge in [-0.3, -0.25) is 9.59 Å². The van der Waals surface area contributed by atoms with Crippen molar-refractivity contribution in [3.05, 3.63) is 106 Å². The van der Waals surface area contributed by atoms with Crippen LogP contribution in [0.4, 0.5) is 5.69 Å². The molecule has 67 heavy (non-hydrogen) atoms. The molecule has 10 nitrogen and oxygen atoms in total. The lowest BCUT2D eigenvalue weighted by atomic mass is 9.78. The molecule has 0 heterocycles. The van der Waals surface area contributed by atoms with Crippen LogP contribution in [0.15, 0.2) is 78.9 Å². The van der Waals surface area contributed by atoms with E-state index >= 15 is 0 Å². The molecule has 3 aliphatic rings. The van der Waals surface area contributed by atoms with Gasteiger partial charge in [-0.25, -0.2) is 0 Å². The van der Waals surface area contributed by atoms with E-state index < -0.39 is 12.2 Å². The first-order valence-corrected chi connectivity index (χ1v) is 26.9. The van der Waals surface area contributed by atoms with Crippen LogP contribution in [0.5, 0.6) is 0 Å². The lowest BCUT2D eigenvalue weighted by molar-refractivity contribution is -0.141. The van der Waals surface area contributed by atoms with Crippen LogP contribution in [-0.4, -0.2) is 125 Å². The third-order valence-electron chi connectivity index (χ3n) is 12.4. The zero-order chi connectivity index (χ0) is 46.4. The number of thiol groups is 2. The van der Waals surface area contributed by atoms with Gasteiger partial charge in [0.1, 0.15) is 6.10 Å². The SMILES string of the molecule is COCCOCCOC(CSCCS)C(OCCOCCOC(CSCCS)CC(=O)NC1CC=c2ccc3cccc4ccc1c2c43)C(=O)Nc1ccc2c3c4c(ccc13)C=CCC4C=C2. The number of carbonyl (C=O) groups is 2. The van der Waals surface area contributed by atoms with Crippen LogP contribution in [0.3, 0.4) is 0 Å². The number of amides is 2. The number of thioether (sulfide) groups is 2. The Morgan fingerprint density at radius 2 is 1.46 bits per heavy atom. The number of nitrogens with one attached hydrogen (secondary N) is 2. The quantitative estimate of drug-likeness (QED) is 0.0274. The summed E-state index contributed by atoms with van der Waals surface area (Å²) in [5.74, 6) is 4.27. The predicted molar refractivity (Wildman–Crippen MR) is 284 cm³/mol. The minimum atomic E-state index is -0.938. The van der Waals surface area contributed by atoms with Gasteiger partial charge >= 0.3 is 0 Å². The van der Waals surface area contributed by atoms with Crippen molar-refractivity contribution < 1.29 is 38.0 Å². The van der Waals surface area contributed by atoms with E-state index in [2.05, 4.69) is 127 Å². The summed E-state index contributed by atoms with van der Waals surface area (Å²) in [6.07, 6.45) is 11.3. The third-order valence-corrected chi connectivity index (χ3v) is 15.6. The third kappa shape index (κ3) is 12.6. The van der Waals surface area contributed by atoms with Crippen molar-refractivity contribution in [1.82, 2.24) is 5.32 Å². The molecule has 5 aromatic carbocycles. The van der Waals surface area contributed by atoms with Crippen molar-refractivity contribution >= 4 is 117 Å². The number of hydrogen-bond acceptors (Lipinski definition) is 12. The highest BCUT2D eigenvalue weighted by atomic mass is 32.2. The largest absolute Gasteiger partial charge is 0.382 e. The topological polar surface area (TPSA) is 114 Å². The van der Waals surface area contributed by atoms with Crippen molar-refractivity contribution in [3.8, 4) is 0 Å². The zero-order valence-electron chi connectivity index (χ0n) is 38.1. The molecule has 0 saturated heterocycles. The number of carbonyl (C=O) groups excluding carboxylic acids is 2. The van der Waals surface area contributed by atoms with Crippen LogP contribution in [-0.2, 0) is 38.0 Å². The van der Waals surface area contributed by atoms with Gasteiger partial charge in [-0.05, 0) is 84.8 Å². The van der Waals surface area contributed by atoms with Crippen molar-refractivity contribution in [2.24, 2.45) is 0 Å². The van der Waals surface area contributed by atoms with E-state index in [0.29, 0.717) is 56.2 Å². The van der Waals surface area contributed by atoms with Crippen LogP contribution in [0.25, 0.3) is 50.5 Å². The molecular weight excluding hydrogens is 921 g/mol. The predicted octanol–water partition coefficient (Wildman–Crippen LogP) is 8.92. The highest BCUT2D eigenvalue weighted by molar-refractivity contribution is 8.00. The second kappa shape index (κ2) is 25.4. The molecule has 5 aromatic rings. The summed E-state index contributed by atoms with van der Waals surface area (Å²) in [7, 11) is 1.64. The van der Waals surface area contributed by atoms with Crippen molar-refractivity contribution in [2.75, 3.05) is 99.8 Å². The van der Waals surface area contributed by atoms with Crippen molar-refractivity contribution in [3.63, 3.8) is 0 Å². The smallest absolute Gasteiger partial charge is 0.256 e. The molecule has 0 bridgehead atoms. The molecular formula is C53H62N2O8S4. The summed E-state index contributed by atoms with van der Waals surface area (Å²) in [5, 5.41) is 14.9. The highest BCUT2D eigenvalue weighted by Gasteiger charge is 2.32. The number of methoxy groups -OCH3 is 1. The fourth-order valence-corrected chi connectivity index (χ4v) is 11.7. The van der Waals surface area contributed by atoms with Gasteiger partial charge < -0.3 is 39.1 Å². The summed E-state index contributed by atoms with van der Waals surface area (Å²) in [6.45, 7) is 2.56. The van der Waals surface area contributed by atoms with E-state index in [1.165, 1.54) is 43.3 Å². The van der Waals surface area contributed by atoms with Gasteiger partial charge in [0.05, 0.1) is 71.4 Å². The lowest BCUT2D eigenvalue weighted by Crippen LogP contribution is -2.44. The van der Waals surface area contributed by atoms with Gasteiger partial charge in [0.15, 0.2) is 6.10 Å². The average molecular weight is 983 g/mol. The molecule has 2 N–H and O–H groups in total. The van der Waals surface area contributed by atoms with Crippen LogP contribution < -0.4 is 15.9 Å². The van der Waals surface area contributed by atoms with Gasteiger partial charge in [-0.2, -0.15) is 48.8 Å². The first-order chi connectivity index (χ1) is 33.0. The van der Waals surface area contributed by atoms with Crippen molar-refractivity contribution in [2.45, 2.75) is 49.5 Å². The first-order valence-electron chi connectivity index (χ1n) is 23.3. The molecule has 0 saturated carbocycles. The van der Waals surface area contributed by atoms with E-state index in [1.54, 1.807) is 30.6 Å². The monoisotopic (exact) mass is 982 g/mol. The number of anilines is 1. The Balaban J connectivity index is 0.876. The number of allylic oxidation sites excluding steroid dienone is 2. The molecule has 14 heteroatoms. The average Bonchev–Trinajstić information content (AvgIpc) is 3.34. The number of benzene rings is 5. The molecule has 3 aliphatic carbocycles. The molecule has 0 aromatic heterocycles. The molecule has 5 atom stereocenters. The summed E-state index contributed by atoms with van der Waals surface area (Å²) >= 11 is 12.2. The van der Waals surface area contributed by atoms with Gasteiger partial charge in [0.25, 0.3) is 5.91 Å². The van der Waals surface area contributed by atoms with Gasteiger partial charge in [-0.15, -0.1) is 0 Å². The van der Waals surface area contributed by atoms with E-state index in [0.717, 1.165) is 52.3 Å². The normalized spacial score (nSPS) is 17.2. The lowest BCUT2D eigenvalue weighted by Gasteiger charge is -2.28. The molecule has 5 unspecified atom stereocenters. The maximum absolute atomic E-state index is 14.4. The molecule has 0 radical (unpaired) electrons. The Bertz CT molecular complexity index is 2570. The first kappa shape index (κ1) is 49.9. The Morgan fingerprint density at radius 1 is 0.731 bits per heavy atom. The molecule has 0 spiro atoms. The van der Waals surface area contributed by atoms with Crippen molar-refractivity contribution in [1.29, 1.82) is 0 Å². The minimum Gasteiger partial charge on any atom is -0.382 e. The van der Waals surface area contributed by atoms with E-state index in [1.807, 2.05) is 6.07 Å². The highest BCUT2D eigenvalue weighted by Crippen LogP contribution is 2.44. The standard InChI is InChI=1S/C53H62N2O8S4/c1-58-20-21-59-23-26-62-46(34-67-31-29-65)52(53(57)55-45-19-15-40-11-9-36-5-3-7-38-13-17-43(45)51(40)49(36)38)63-27-24-60-22-25-61-41(33-66-30-28-64)32-47(56)54-44-18-14-39-10-8-35-4-2-6-37-12-16-42(44)50(39)48(35)37/h2-4,6-17,19,36,41,44,46,52,64-65H,5,18,20-34H2,1H3,(H,54,56)(H,55,57). The number of ether oxygens (including phenoxy) is 6. The van der Waals surface area contributed by atoms with Gasteiger partial charge in [0, 0.05) is 47.1 Å². The minimum absolute atomic E-state index is 0.0422.